The number of ketones is 2. The molecule has 0 atom stereocenters. The number of allylic oxidation sites excluding steroid dienone is 4. The molecule has 2 aromatic rings. The van der Waals surface area contributed by atoms with Crippen molar-refractivity contribution in [3.05, 3.63) is 75.2 Å². The van der Waals surface area contributed by atoms with E-state index in [1.165, 1.54) is 7.11 Å². The van der Waals surface area contributed by atoms with Crippen molar-refractivity contribution in [2.24, 2.45) is 0 Å². The highest BCUT2D eigenvalue weighted by Gasteiger charge is 2.42. The Kier molecular flexibility index (Phi) is 7.07. The van der Waals surface area contributed by atoms with Gasteiger partial charge >= 0.3 is 0 Å². The third-order valence-electron chi connectivity index (χ3n) is 6.88. The van der Waals surface area contributed by atoms with Crippen LogP contribution >= 0.6 is 11.6 Å². The van der Waals surface area contributed by atoms with Crippen LogP contribution in [0.5, 0.6) is 11.5 Å². The normalized spacial score (nSPS) is 17.7. The molecule has 1 N–H and O–H groups in total. The average molecular weight is 522 g/mol. The van der Waals surface area contributed by atoms with Crippen molar-refractivity contribution >= 4 is 34.8 Å². The molecule has 0 fully saturated rings. The van der Waals surface area contributed by atoms with Gasteiger partial charge in [-0.15, -0.1) is 0 Å². The number of benzene rings is 2. The molecule has 2 aliphatic carbocycles. The maximum absolute atomic E-state index is 13.0. The zero-order valence-electron chi connectivity index (χ0n) is 20.8. The minimum absolute atomic E-state index is 0.0144. The van der Waals surface area contributed by atoms with Crippen LogP contribution in [0, 0.1) is 6.92 Å². The molecule has 1 heterocycles. The lowest BCUT2D eigenvalue weighted by Gasteiger charge is -2.36. The maximum atomic E-state index is 13.0. The zero-order valence-corrected chi connectivity index (χ0v) is 21.6. The largest absolute Gasteiger partial charge is 0.493 e. The third kappa shape index (κ3) is 5.01. The van der Waals surface area contributed by atoms with E-state index in [1.54, 1.807) is 18.2 Å². The van der Waals surface area contributed by atoms with Gasteiger partial charge in [-0.3, -0.25) is 14.4 Å². The molecule has 7 nitrogen and oxygen atoms in total. The number of anilines is 1. The van der Waals surface area contributed by atoms with Gasteiger partial charge in [0, 0.05) is 48.4 Å². The van der Waals surface area contributed by atoms with Gasteiger partial charge in [0.15, 0.2) is 29.7 Å². The lowest BCUT2D eigenvalue weighted by molar-refractivity contribution is -0.119. The molecule has 0 radical (unpaired) electrons. The lowest BCUT2D eigenvalue weighted by Crippen LogP contribution is -2.30. The van der Waals surface area contributed by atoms with Gasteiger partial charge in [-0.2, -0.15) is 0 Å². The van der Waals surface area contributed by atoms with Gasteiger partial charge in [0.2, 0.25) is 0 Å². The van der Waals surface area contributed by atoms with Gasteiger partial charge in [-0.05, 0) is 55.2 Å². The Morgan fingerprint density at radius 1 is 1.03 bits per heavy atom. The number of amides is 1. The summed E-state index contributed by atoms with van der Waals surface area (Å²) in [6.07, 6.45) is 3.59. The van der Waals surface area contributed by atoms with E-state index in [1.807, 2.05) is 25.1 Å². The summed E-state index contributed by atoms with van der Waals surface area (Å²) in [7, 11) is 1.48. The average Bonchev–Trinajstić information content (AvgIpc) is 2.86. The fourth-order valence-corrected chi connectivity index (χ4v) is 5.53. The monoisotopic (exact) mass is 521 g/mol. The number of methoxy groups -OCH3 is 1. The first-order chi connectivity index (χ1) is 17.9. The SMILES string of the molecule is COc1cc(C2C3=C(CCCC3=O)OC3=C2C(=O)CCC3)cc(Cl)c1OCC(=O)Nc1cccc(C)c1. The first-order valence-electron chi connectivity index (χ1n) is 12.4. The second-order valence-electron chi connectivity index (χ2n) is 9.50. The Balaban J connectivity index is 1.45. The number of nitrogens with one attached hydrogen (secondary N) is 1. The molecule has 0 bridgehead atoms. The molecular weight excluding hydrogens is 494 g/mol. The topological polar surface area (TPSA) is 90.9 Å². The summed E-state index contributed by atoms with van der Waals surface area (Å²) in [4.78, 5) is 38.6. The molecule has 2 aromatic carbocycles. The highest BCUT2D eigenvalue weighted by Crippen LogP contribution is 2.50. The van der Waals surface area contributed by atoms with Gasteiger partial charge in [-0.1, -0.05) is 23.7 Å². The van der Waals surface area contributed by atoms with Gasteiger partial charge < -0.3 is 19.5 Å². The summed E-state index contributed by atoms with van der Waals surface area (Å²) in [5.74, 6) is 0.891. The first kappa shape index (κ1) is 25.1. The summed E-state index contributed by atoms with van der Waals surface area (Å²) >= 11 is 6.65. The fourth-order valence-electron chi connectivity index (χ4n) is 5.26. The van der Waals surface area contributed by atoms with Crippen LogP contribution in [0.4, 0.5) is 5.69 Å². The van der Waals surface area contributed by atoms with E-state index in [9.17, 15) is 14.4 Å². The number of aryl methyl sites for hydroxylation is 1. The molecule has 8 heteroatoms. The van der Waals surface area contributed by atoms with Crippen molar-refractivity contribution in [2.75, 3.05) is 19.0 Å². The standard InChI is InChI=1S/C29H28ClNO6/c1-16-6-3-7-18(12-16)31-25(34)15-36-29-19(30)13-17(14-24(29)35-2)26-27-20(32)8-4-10-22(27)37-23-11-5-9-21(33)28(23)26/h3,6-7,12-14,26H,4-5,8-11,15H2,1-2H3,(H,31,34). The van der Waals surface area contributed by atoms with E-state index in [0.29, 0.717) is 65.3 Å². The van der Waals surface area contributed by atoms with Crippen LogP contribution in [0.1, 0.15) is 55.6 Å². The highest BCUT2D eigenvalue weighted by atomic mass is 35.5. The molecule has 1 amide bonds. The van der Waals surface area contributed by atoms with Crippen molar-refractivity contribution in [1.29, 1.82) is 0 Å². The van der Waals surface area contributed by atoms with E-state index in [-0.39, 0.29) is 34.9 Å². The van der Waals surface area contributed by atoms with E-state index in [0.717, 1.165) is 18.4 Å². The van der Waals surface area contributed by atoms with Crippen LogP contribution in [-0.4, -0.2) is 31.2 Å². The molecule has 0 aromatic heterocycles. The van der Waals surface area contributed by atoms with Crippen molar-refractivity contribution in [3.8, 4) is 11.5 Å². The van der Waals surface area contributed by atoms with Gasteiger partial charge in [0.05, 0.1) is 12.1 Å². The molecule has 0 saturated carbocycles. The van der Waals surface area contributed by atoms with E-state index < -0.39 is 5.92 Å². The third-order valence-corrected chi connectivity index (χ3v) is 7.16. The summed E-state index contributed by atoms with van der Waals surface area (Å²) in [5, 5.41) is 3.02. The van der Waals surface area contributed by atoms with E-state index in [2.05, 4.69) is 5.32 Å². The molecule has 0 spiro atoms. The molecule has 5 rings (SSSR count). The zero-order chi connectivity index (χ0) is 26.1. The number of carbonyl (C=O) groups is 3. The minimum Gasteiger partial charge on any atom is -0.493 e. The summed E-state index contributed by atoms with van der Waals surface area (Å²) in [6, 6.07) is 10.9. The van der Waals surface area contributed by atoms with Crippen molar-refractivity contribution < 1.29 is 28.6 Å². The van der Waals surface area contributed by atoms with Gasteiger partial charge in [0.1, 0.15) is 11.5 Å². The molecule has 37 heavy (non-hydrogen) atoms. The van der Waals surface area contributed by atoms with Crippen LogP contribution in [-0.2, 0) is 19.1 Å². The van der Waals surface area contributed by atoms with Crippen molar-refractivity contribution in [2.45, 2.75) is 51.4 Å². The van der Waals surface area contributed by atoms with E-state index >= 15 is 0 Å². The second kappa shape index (κ2) is 10.4. The van der Waals surface area contributed by atoms with Crippen LogP contribution < -0.4 is 14.8 Å². The predicted octanol–water partition coefficient (Wildman–Crippen LogP) is 5.80. The maximum Gasteiger partial charge on any atom is 0.262 e. The van der Waals surface area contributed by atoms with Crippen molar-refractivity contribution in [3.63, 3.8) is 0 Å². The number of hydrogen-bond acceptors (Lipinski definition) is 6. The molecule has 192 valence electrons. The molecule has 0 unspecified atom stereocenters. The highest BCUT2D eigenvalue weighted by molar-refractivity contribution is 6.32. The number of halogens is 1. The van der Waals surface area contributed by atoms with Crippen LogP contribution in [0.15, 0.2) is 59.1 Å². The number of carbonyl (C=O) groups excluding carboxylic acids is 3. The van der Waals surface area contributed by atoms with Gasteiger partial charge in [-0.25, -0.2) is 0 Å². The quantitative estimate of drug-likeness (QED) is 0.516. The summed E-state index contributed by atoms with van der Waals surface area (Å²) in [6.45, 7) is 1.67. The number of Topliss-reactive ketones (excluding diaryl/α,β-unsaturated/α-hetero) is 2. The molecule has 3 aliphatic rings. The van der Waals surface area contributed by atoms with Crippen LogP contribution in [0.3, 0.4) is 0 Å². The lowest BCUT2D eigenvalue weighted by atomic mass is 9.73. The summed E-state index contributed by atoms with van der Waals surface area (Å²) in [5.41, 5.74) is 3.42. The number of hydrogen-bond donors (Lipinski definition) is 1. The molecular formula is C29H28ClNO6. The summed E-state index contributed by atoms with van der Waals surface area (Å²) < 4.78 is 17.4. The van der Waals surface area contributed by atoms with Crippen LogP contribution in [0.25, 0.3) is 0 Å². The molecule has 1 aliphatic heterocycles. The number of ether oxygens (including phenoxy) is 3. The Hall–Kier alpha value is -3.58. The fraction of sp³-hybridized carbons (Fsp3) is 0.345. The number of rotatable bonds is 6. The smallest absolute Gasteiger partial charge is 0.262 e. The van der Waals surface area contributed by atoms with E-state index in [4.69, 9.17) is 25.8 Å². The first-order valence-corrected chi connectivity index (χ1v) is 12.8. The molecule has 0 saturated heterocycles. The van der Waals surface area contributed by atoms with Crippen molar-refractivity contribution in [1.82, 2.24) is 0 Å². The Bertz CT molecular complexity index is 1320. The Morgan fingerprint density at radius 3 is 2.32 bits per heavy atom. The second-order valence-corrected chi connectivity index (χ2v) is 9.91. The van der Waals surface area contributed by atoms with Crippen LogP contribution in [0.2, 0.25) is 5.02 Å². The predicted molar refractivity (Wildman–Crippen MR) is 139 cm³/mol. The minimum atomic E-state index is -0.565. The Morgan fingerprint density at radius 2 is 1.70 bits per heavy atom. The van der Waals surface area contributed by atoms with Gasteiger partial charge in [0.25, 0.3) is 5.91 Å². The Labute approximate surface area is 220 Å².